The van der Waals surface area contributed by atoms with Crippen molar-refractivity contribution in [1.29, 1.82) is 0 Å². The lowest BCUT2D eigenvalue weighted by molar-refractivity contribution is 0.379. The Balaban J connectivity index is 2.01. The monoisotopic (exact) mass is 329 g/mol. The van der Waals surface area contributed by atoms with Crippen molar-refractivity contribution < 1.29 is 8.78 Å². The molecule has 1 nitrogen and oxygen atoms in total. The summed E-state index contributed by atoms with van der Waals surface area (Å²) in [5.74, 6) is -0.560. The molecule has 24 heavy (non-hydrogen) atoms. The van der Waals surface area contributed by atoms with Gasteiger partial charge >= 0.3 is 0 Å². The van der Waals surface area contributed by atoms with Gasteiger partial charge in [-0.25, -0.2) is 8.78 Å². The average Bonchev–Trinajstić information content (AvgIpc) is 3.16. The standard InChI is InChI=1S/C21H25F2N/c1-5-7-13-8-18-19-16(9-14(22)10-17(19)23)20(4)11-21(20,24-18)12(3)15(13)6-2/h8-10,12,24H,5-7,11H2,1-4H3/t12?,20?,21-/m1/s1. The number of nitrogens with one attached hydrogen (secondary N) is 1. The van der Waals surface area contributed by atoms with Crippen molar-refractivity contribution in [1.82, 2.24) is 5.32 Å². The Morgan fingerprint density at radius 1 is 1.25 bits per heavy atom. The van der Waals surface area contributed by atoms with Crippen LogP contribution in [0, 0.1) is 17.6 Å². The number of allylic oxidation sites excluding steroid dienone is 2. The van der Waals surface area contributed by atoms with Gasteiger partial charge in [-0.2, -0.15) is 0 Å². The van der Waals surface area contributed by atoms with Crippen molar-refractivity contribution in [3.8, 4) is 0 Å². The molecule has 1 saturated carbocycles. The Morgan fingerprint density at radius 3 is 2.67 bits per heavy atom. The van der Waals surface area contributed by atoms with Crippen LogP contribution in [0.1, 0.15) is 64.5 Å². The summed E-state index contributed by atoms with van der Waals surface area (Å²) in [4.78, 5) is 0. The second-order valence-corrected chi connectivity index (χ2v) is 7.85. The lowest BCUT2D eigenvalue weighted by Gasteiger charge is -2.37. The van der Waals surface area contributed by atoms with Crippen LogP contribution in [-0.4, -0.2) is 5.54 Å². The lowest BCUT2D eigenvalue weighted by Crippen LogP contribution is -2.46. The molecular weight excluding hydrogens is 304 g/mol. The first-order chi connectivity index (χ1) is 11.4. The molecule has 0 aromatic heterocycles. The van der Waals surface area contributed by atoms with Gasteiger partial charge in [0.05, 0.1) is 5.54 Å². The molecule has 2 bridgehead atoms. The molecule has 2 unspecified atom stereocenters. The van der Waals surface area contributed by atoms with Crippen molar-refractivity contribution >= 4 is 5.70 Å². The molecule has 1 aromatic rings. The third-order valence-electron chi connectivity index (χ3n) is 6.66. The van der Waals surface area contributed by atoms with Crippen LogP contribution in [-0.2, 0) is 5.41 Å². The van der Waals surface area contributed by atoms with Gasteiger partial charge in [-0.15, -0.1) is 0 Å². The number of halogens is 2. The number of fused-ring (bicyclic) bond motifs is 4. The average molecular weight is 329 g/mol. The van der Waals surface area contributed by atoms with Crippen molar-refractivity contribution in [2.45, 2.75) is 64.3 Å². The first-order valence-corrected chi connectivity index (χ1v) is 9.09. The molecule has 1 N–H and O–H groups in total. The second-order valence-electron chi connectivity index (χ2n) is 7.85. The van der Waals surface area contributed by atoms with Crippen LogP contribution in [0.5, 0.6) is 0 Å². The van der Waals surface area contributed by atoms with E-state index in [1.165, 1.54) is 11.1 Å². The van der Waals surface area contributed by atoms with Gasteiger partial charge in [0.1, 0.15) is 11.6 Å². The molecule has 3 atom stereocenters. The summed E-state index contributed by atoms with van der Waals surface area (Å²) in [5, 5.41) is 3.68. The maximum atomic E-state index is 14.7. The highest BCUT2D eigenvalue weighted by Gasteiger charge is 2.71. The van der Waals surface area contributed by atoms with E-state index in [1.807, 2.05) is 0 Å². The van der Waals surface area contributed by atoms with Gasteiger partial charge in [0.15, 0.2) is 0 Å². The molecule has 0 saturated heterocycles. The molecule has 1 spiro atoms. The third kappa shape index (κ3) is 1.79. The number of hydrogen-bond donors (Lipinski definition) is 1. The van der Waals surface area contributed by atoms with Crippen LogP contribution in [0.3, 0.4) is 0 Å². The van der Waals surface area contributed by atoms with E-state index in [0.717, 1.165) is 43.0 Å². The van der Waals surface area contributed by atoms with Crippen LogP contribution < -0.4 is 5.32 Å². The van der Waals surface area contributed by atoms with Gasteiger partial charge < -0.3 is 5.32 Å². The summed E-state index contributed by atoms with van der Waals surface area (Å²) >= 11 is 0. The zero-order valence-electron chi connectivity index (χ0n) is 14.9. The highest BCUT2D eigenvalue weighted by atomic mass is 19.1. The highest BCUT2D eigenvalue weighted by Crippen LogP contribution is 2.67. The molecule has 0 radical (unpaired) electrons. The number of benzene rings is 1. The molecule has 4 rings (SSSR count). The topological polar surface area (TPSA) is 12.0 Å². The van der Waals surface area contributed by atoms with E-state index in [0.29, 0.717) is 11.5 Å². The van der Waals surface area contributed by atoms with Gasteiger partial charge in [0.25, 0.3) is 0 Å². The molecule has 128 valence electrons. The second kappa shape index (κ2) is 4.93. The van der Waals surface area contributed by atoms with Crippen molar-refractivity contribution in [3.63, 3.8) is 0 Å². The number of rotatable bonds is 3. The maximum Gasteiger partial charge on any atom is 0.135 e. The van der Waals surface area contributed by atoms with E-state index in [2.05, 4.69) is 39.1 Å². The molecule has 3 heteroatoms. The summed E-state index contributed by atoms with van der Waals surface area (Å²) in [5.41, 5.74) is 4.75. The zero-order valence-corrected chi connectivity index (χ0v) is 14.9. The Hall–Kier alpha value is -1.64. The minimum atomic E-state index is -0.473. The summed E-state index contributed by atoms with van der Waals surface area (Å²) in [6, 6.07) is 2.57. The summed E-state index contributed by atoms with van der Waals surface area (Å²) in [6.45, 7) is 8.82. The van der Waals surface area contributed by atoms with Crippen molar-refractivity contribution in [2.24, 2.45) is 5.92 Å². The van der Waals surface area contributed by atoms with Crippen molar-refractivity contribution in [3.05, 3.63) is 52.1 Å². The fourth-order valence-corrected chi connectivity index (χ4v) is 5.34. The Morgan fingerprint density at radius 2 is 2.00 bits per heavy atom. The summed E-state index contributed by atoms with van der Waals surface area (Å²) < 4.78 is 28.6. The van der Waals surface area contributed by atoms with Crippen LogP contribution in [0.2, 0.25) is 0 Å². The highest BCUT2D eigenvalue weighted by molar-refractivity contribution is 5.78. The molecule has 1 aromatic carbocycles. The predicted molar refractivity (Wildman–Crippen MR) is 93.6 cm³/mol. The summed E-state index contributed by atoms with van der Waals surface area (Å²) in [6.07, 6.45) is 6.14. The predicted octanol–water partition coefficient (Wildman–Crippen LogP) is 5.47. The first-order valence-electron chi connectivity index (χ1n) is 9.09. The number of hydrogen-bond acceptors (Lipinski definition) is 1. The van der Waals surface area contributed by atoms with E-state index >= 15 is 0 Å². The Bertz CT molecular complexity index is 791. The van der Waals surface area contributed by atoms with Crippen LogP contribution in [0.25, 0.3) is 5.70 Å². The molecule has 1 fully saturated rings. The van der Waals surface area contributed by atoms with Gasteiger partial charge in [0.2, 0.25) is 0 Å². The minimum Gasteiger partial charge on any atom is -0.377 e. The van der Waals surface area contributed by atoms with Gasteiger partial charge in [-0.3, -0.25) is 0 Å². The van der Waals surface area contributed by atoms with Crippen LogP contribution in [0.15, 0.2) is 29.4 Å². The lowest BCUT2D eigenvalue weighted by atomic mass is 9.77. The normalized spacial score (nSPS) is 33.2. The smallest absolute Gasteiger partial charge is 0.135 e. The first kappa shape index (κ1) is 15.9. The molecule has 2 heterocycles. The summed E-state index contributed by atoms with van der Waals surface area (Å²) in [7, 11) is 0. The maximum absolute atomic E-state index is 14.7. The van der Waals surface area contributed by atoms with Gasteiger partial charge in [-0.1, -0.05) is 39.7 Å². The van der Waals surface area contributed by atoms with Crippen LogP contribution >= 0.6 is 0 Å². The fraction of sp³-hybridized carbons (Fsp3) is 0.524. The third-order valence-corrected chi connectivity index (χ3v) is 6.66. The minimum absolute atomic E-state index is 0.104. The largest absolute Gasteiger partial charge is 0.377 e. The van der Waals surface area contributed by atoms with E-state index in [1.54, 1.807) is 6.07 Å². The van der Waals surface area contributed by atoms with E-state index in [9.17, 15) is 8.78 Å². The van der Waals surface area contributed by atoms with Gasteiger partial charge in [-0.05, 0) is 42.5 Å². The quantitative estimate of drug-likeness (QED) is 0.776. The fourth-order valence-electron chi connectivity index (χ4n) is 5.34. The molecule has 0 amide bonds. The van der Waals surface area contributed by atoms with Crippen molar-refractivity contribution in [2.75, 3.05) is 0 Å². The van der Waals surface area contributed by atoms with Crippen LogP contribution in [0.4, 0.5) is 8.78 Å². The van der Waals surface area contributed by atoms with E-state index in [4.69, 9.17) is 0 Å². The molecular formula is C21H25F2N. The van der Waals surface area contributed by atoms with E-state index < -0.39 is 11.6 Å². The zero-order chi connectivity index (χ0) is 17.3. The van der Waals surface area contributed by atoms with E-state index in [-0.39, 0.29) is 11.0 Å². The molecule has 3 aliphatic rings. The van der Waals surface area contributed by atoms with Gasteiger partial charge in [0, 0.05) is 28.7 Å². The molecule has 1 aliphatic carbocycles. The Labute approximate surface area is 142 Å². The molecule has 2 aliphatic heterocycles. The Kier molecular flexibility index (Phi) is 3.26. The SMILES string of the molecule is CCCC1=C(CC)C(C)[C@]23CC2(C)c2cc(F)cc(F)c2C(=C1)N3.